The third-order valence-corrected chi connectivity index (χ3v) is 6.90. The van der Waals surface area contributed by atoms with Gasteiger partial charge >= 0.3 is 0 Å². The summed E-state index contributed by atoms with van der Waals surface area (Å²) < 4.78 is 6.56. The first kappa shape index (κ1) is 13.4. The van der Waals surface area contributed by atoms with Crippen LogP contribution in [0.4, 0.5) is 0 Å². The SMILES string of the molecule is BrCC1(CC2CCC3(CCCCC3)O2)CCCC1. The highest BCUT2D eigenvalue weighted by atomic mass is 79.9. The van der Waals surface area contributed by atoms with Crippen LogP contribution < -0.4 is 0 Å². The van der Waals surface area contributed by atoms with Gasteiger partial charge in [0.25, 0.3) is 0 Å². The summed E-state index contributed by atoms with van der Waals surface area (Å²) in [5, 5.41) is 1.19. The number of ether oxygens (including phenoxy) is 1. The molecule has 1 nitrogen and oxygen atoms in total. The fourth-order valence-electron chi connectivity index (χ4n) is 4.60. The molecule has 1 atom stereocenters. The van der Waals surface area contributed by atoms with Gasteiger partial charge in [-0.2, -0.15) is 0 Å². The Hall–Kier alpha value is 0.440. The average molecular weight is 315 g/mol. The van der Waals surface area contributed by atoms with E-state index in [1.54, 1.807) is 0 Å². The largest absolute Gasteiger partial charge is 0.372 e. The molecule has 2 saturated carbocycles. The molecule has 0 radical (unpaired) electrons. The first-order chi connectivity index (χ1) is 8.76. The van der Waals surface area contributed by atoms with E-state index >= 15 is 0 Å². The van der Waals surface area contributed by atoms with Gasteiger partial charge in [-0.3, -0.25) is 0 Å². The molecule has 1 spiro atoms. The maximum Gasteiger partial charge on any atom is 0.0687 e. The molecule has 2 aliphatic carbocycles. The molecule has 3 rings (SSSR count). The lowest BCUT2D eigenvalue weighted by Gasteiger charge is -2.35. The zero-order valence-corrected chi connectivity index (χ0v) is 13.1. The third kappa shape index (κ3) is 2.65. The Labute approximate surface area is 120 Å². The topological polar surface area (TPSA) is 9.23 Å². The fourth-order valence-corrected chi connectivity index (χ4v) is 5.39. The van der Waals surface area contributed by atoms with Crippen molar-refractivity contribution >= 4 is 15.9 Å². The van der Waals surface area contributed by atoms with Crippen LogP contribution in [0.5, 0.6) is 0 Å². The lowest BCUT2D eigenvalue weighted by Crippen LogP contribution is -2.33. The molecule has 3 aliphatic rings. The second kappa shape index (κ2) is 5.44. The van der Waals surface area contributed by atoms with Crippen molar-refractivity contribution in [3.05, 3.63) is 0 Å². The summed E-state index contributed by atoms with van der Waals surface area (Å²) in [7, 11) is 0. The Morgan fingerprint density at radius 2 is 1.56 bits per heavy atom. The van der Waals surface area contributed by atoms with Crippen molar-refractivity contribution in [3.8, 4) is 0 Å². The molecular formula is C16H27BrO. The summed E-state index contributed by atoms with van der Waals surface area (Å²) in [4.78, 5) is 0. The summed E-state index contributed by atoms with van der Waals surface area (Å²) in [6, 6.07) is 0. The van der Waals surface area contributed by atoms with Crippen molar-refractivity contribution in [2.75, 3.05) is 5.33 Å². The molecule has 0 aromatic rings. The van der Waals surface area contributed by atoms with Crippen LogP contribution in [0.2, 0.25) is 0 Å². The molecule has 2 heteroatoms. The number of alkyl halides is 1. The second-order valence-electron chi connectivity index (χ2n) is 7.07. The van der Waals surface area contributed by atoms with Crippen LogP contribution in [-0.4, -0.2) is 17.0 Å². The monoisotopic (exact) mass is 314 g/mol. The van der Waals surface area contributed by atoms with Crippen LogP contribution in [0.3, 0.4) is 0 Å². The molecule has 0 amide bonds. The predicted molar refractivity (Wildman–Crippen MR) is 79.2 cm³/mol. The van der Waals surface area contributed by atoms with Crippen LogP contribution in [0, 0.1) is 5.41 Å². The summed E-state index contributed by atoms with van der Waals surface area (Å²) >= 11 is 3.77. The van der Waals surface area contributed by atoms with Crippen LogP contribution in [-0.2, 0) is 4.74 Å². The van der Waals surface area contributed by atoms with Gasteiger partial charge < -0.3 is 4.74 Å². The van der Waals surface area contributed by atoms with Gasteiger partial charge in [-0.05, 0) is 50.4 Å². The smallest absolute Gasteiger partial charge is 0.0687 e. The molecular weight excluding hydrogens is 288 g/mol. The molecule has 1 heterocycles. The maximum atomic E-state index is 6.56. The first-order valence-electron chi connectivity index (χ1n) is 8.00. The van der Waals surface area contributed by atoms with Gasteiger partial charge in [0.05, 0.1) is 11.7 Å². The summed E-state index contributed by atoms with van der Waals surface area (Å²) in [6.07, 6.45) is 17.2. The summed E-state index contributed by atoms with van der Waals surface area (Å²) in [6.45, 7) is 0. The van der Waals surface area contributed by atoms with Crippen molar-refractivity contribution in [3.63, 3.8) is 0 Å². The predicted octanol–water partition coefficient (Wildman–Crippen LogP) is 5.21. The van der Waals surface area contributed by atoms with Crippen LogP contribution >= 0.6 is 15.9 Å². The van der Waals surface area contributed by atoms with Gasteiger partial charge in [-0.25, -0.2) is 0 Å². The Bertz CT molecular complexity index is 277. The number of rotatable bonds is 3. The van der Waals surface area contributed by atoms with Crippen molar-refractivity contribution < 1.29 is 4.74 Å². The minimum absolute atomic E-state index is 0.315. The summed E-state index contributed by atoms with van der Waals surface area (Å²) in [5.74, 6) is 0. The first-order valence-corrected chi connectivity index (χ1v) is 9.12. The van der Waals surface area contributed by atoms with Gasteiger partial charge in [-0.1, -0.05) is 48.0 Å². The van der Waals surface area contributed by atoms with E-state index in [2.05, 4.69) is 15.9 Å². The Morgan fingerprint density at radius 3 is 2.22 bits per heavy atom. The highest BCUT2D eigenvalue weighted by Crippen LogP contribution is 2.49. The van der Waals surface area contributed by atoms with Gasteiger partial charge in [0.15, 0.2) is 0 Å². The molecule has 3 fully saturated rings. The minimum Gasteiger partial charge on any atom is -0.372 e. The van der Waals surface area contributed by atoms with Crippen LogP contribution in [0.1, 0.15) is 77.0 Å². The van der Waals surface area contributed by atoms with E-state index in [0.717, 1.165) is 0 Å². The van der Waals surface area contributed by atoms with E-state index < -0.39 is 0 Å². The van der Waals surface area contributed by atoms with E-state index in [1.807, 2.05) is 0 Å². The fraction of sp³-hybridized carbons (Fsp3) is 1.00. The number of hydrogen-bond donors (Lipinski definition) is 0. The summed E-state index contributed by atoms with van der Waals surface area (Å²) in [5.41, 5.74) is 0.889. The Morgan fingerprint density at radius 1 is 0.889 bits per heavy atom. The molecule has 0 aromatic carbocycles. The lowest BCUT2D eigenvalue weighted by molar-refractivity contribution is -0.0749. The highest BCUT2D eigenvalue weighted by Gasteiger charge is 2.44. The van der Waals surface area contributed by atoms with Crippen LogP contribution in [0.25, 0.3) is 0 Å². The van der Waals surface area contributed by atoms with E-state index in [-0.39, 0.29) is 0 Å². The highest BCUT2D eigenvalue weighted by molar-refractivity contribution is 9.09. The molecule has 1 saturated heterocycles. The average Bonchev–Trinajstić information content (AvgIpc) is 3.00. The molecule has 104 valence electrons. The quantitative estimate of drug-likeness (QED) is 0.649. The van der Waals surface area contributed by atoms with Gasteiger partial charge in [0.1, 0.15) is 0 Å². The van der Waals surface area contributed by atoms with E-state index in [1.165, 1.54) is 82.4 Å². The number of halogens is 1. The third-order valence-electron chi connectivity index (χ3n) is 5.71. The van der Waals surface area contributed by atoms with Gasteiger partial charge in [-0.15, -0.1) is 0 Å². The van der Waals surface area contributed by atoms with E-state index in [4.69, 9.17) is 4.74 Å². The number of hydrogen-bond acceptors (Lipinski definition) is 1. The Balaban J connectivity index is 1.58. The van der Waals surface area contributed by atoms with Gasteiger partial charge in [0.2, 0.25) is 0 Å². The van der Waals surface area contributed by atoms with Gasteiger partial charge in [0, 0.05) is 5.33 Å². The molecule has 0 aromatic heterocycles. The molecule has 18 heavy (non-hydrogen) atoms. The Kier molecular flexibility index (Phi) is 4.06. The van der Waals surface area contributed by atoms with Crippen molar-refractivity contribution in [1.82, 2.24) is 0 Å². The standard InChI is InChI=1S/C16H27BrO/c17-13-15(7-4-5-8-15)12-14-6-11-16(18-14)9-2-1-3-10-16/h14H,1-13H2. The maximum absolute atomic E-state index is 6.56. The molecule has 0 N–H and O–H groups in total. The normalized spacial score (nSPS) is 34.2. The van der Waals surface area contributed by atoms with E-state index in [0.29, 0.717) is 17.1 Å². The van der Waals surface area contributed by atoms with Crippen molar-refractivity contribution in [1.29, 1.82) is 0 Å². The molecule has 0 bridgehead atoms. The zero-order chi connectivity index (χ0) is 12.5. The van der Waals surface area contributed by atoms with Crippen LogP contribution in [0.15, 0.2) is 0 Å². The van der Waals surface area contributed by atoms with E-state index in [9.17, 15) is 0 Å². The van der Waals surface area contributed by atoms with Crippen molar-refractivity contribution in [2.24, 2.45) is 5.41 Å². The second-order valence-corrected chi connectivity index (χ2v) is 7.63. The molecule has 1 aliphatic heterocycles. The minimum atomic E-state index is 0.315. The zero-order valence-electron chi connectivity index (χ0n) is 11.6. The molecule has 1 unspecified atom stereocenters. The lowest BCUT2D eigenvalue weighted by atomic mass is 9.81. The van der Waals surface area contributed by atoms with Crippen molar-refractivity contribution in [2.45, 2.75) is 88.8 Å².